The van der Waals surface area contributed by atoms with Crippen molar-refractivity contribution in [1.82, 2.24) is 10.3 Å². The maximum absolute atomic E-state index is 11.8. The predicted octanol–water partition coefficient (Wildman–Crippen LogP) is 2.82. The van der Waals surface area contributed by atoms with Crippen LogP contribution in [0, 0.1) is 0 Å². The zero-order valence-corrected chi connectivity index (χ0v) is 11.6. The minimum atomic E-state index is -0.0405. The normalized spacial score (nSPS) is 12.1. The third-order valence-corrected chi connectivity index (χ3v) is 3.61. The maximum atomic E-state index is 11.8. The van der Waals surface area contributed by atoms with Gasteiger partial charge >= 0.3 is 0 Å². The summed E-state index contributed by atoms with van der Waals surface area (Å²) >= 11 is 1.61. The van der Waals surface area contributed by atoms with Crippen molar-refractivity contribution in [2.45, 2.75) is 19.4 Å². The summed E-state index contributed by atoms with van der Waals surface area (Å²) in [7, 11) is 0. The van der Waals surface area contributed by atoms with Gasteiger partial charge in [0.05, 0.1) is 12.6 Å². The number of aromatic nitrogens is 1. The van der Waals surface area contributed by atoms with Crippen molar-refractivity contribution in [2.24, 2.45) is 0 Å². The van der Waals surface area contributed by atoms with Gasteiger partial charge in [-0.15, -0.1) is 11.3 Å². The van der Waals surface area contributed by atoms with Gasteiger partial charge in [-0.05, 0) is 18.6 Å². The number of carbonyl (C=O) groups is 1. The molecule has 0 aliphatic heterocycles. The van der Waals surface area contributed by atoms with Crippen molar-refractivity contribution in [3.8, 4) is 0 Å². The van der Waals surface area contributed by atoms with E-state index in [1.54, 1.807) is 17.5 Å². The second kappa shape index (κ2) is 7.01. The van der Waals surface area contributed by atoms with Crippen LogP contribution in [0.2, 0.25) is 0 Å². The molecule has 0 fully saturated rings. The topological polar surface area (TPSA) is 54.0 Å². The molecule has 0 radical (unpaired) electrons. The largest absolute Gasteiger partial charge is 0.325 e. The molecule has 1 aromatic heterocycles. The standard InChI is InChI=1S/C14H17N3OS/c1-2-12(14-15-8-9-19-14)16-10-13(18)17-11-6-4-3-5-7-11/h3-9,12,16H,2,10H2,1H3,(H,17,18). The van der Waals surface area contributed by atoms with E-state index in [9.17, 15) is 4.79 Å². The number of hydrogen-bond donors (Lipinski definition) is 2. The van der Waals surface area contributed by atoms with Crippen LogP contribution in [0.3, 0.4) is 0 Å². The number of amides is 1. The molecule has 2 N–H and O–H groups in total. The Morgan fingerprint density at radius 1 is 1.37 bits per heavy atom. The molecule has 2 aromatic rings. The number of anilines is 1. The van der Waals surface area contributed by atoms with E-state index >= 15 is 0 Å². The lowest BCUT2D eigenvalue weighted by atomic mass is 10.2. The lowest BCUT2D eigenvalue weighted by Crippen LogP contribution is -2.31. The van der Waals surface area contributed by atoms with Crippen molar-refractivity contribution in [3.63, 3.8) is 0 Å². The number of nitrogens with zero attached hydrogens (tertiary/aromatic N) is 1. The number of thiazole rings is 1. The molecule has 0 aliphatic rings. The number of para-hydroxylation sites is 1. The first-order chi connectivity index (χ1) is 9.29. The van der Waals surface area contributed by atoms with Crippen molar-refractivity contribution in [2.75, 3.05) is 11.9 Å². The van der Waals surface area contributed by atoms with Crippen LogP contribution in [0.1, 0.15) is 24.4 Å². The molecule has 1 aromatic carbocycles. The van der Waals surface area contributed by atoms with Crippen molar-refractivity contribution >= 4 is 22.9 Å². The van der Waals surface area contributed by atoms with E-state index in [0.717, 1.165) is 17.1 Å². The third-order valence-electron chi connectivity index (χ3n) is 2.72. The van der Waals surface area contributed by atoms with Crippen molar-refractivity contribution < 1.29 is 4.79 Å². The second-order valence-electron chi connectivity index (χ2n) is 4.13. The van der Waals surface area contributed by atoms with Gasteiger partial charge in [0.25, 0.3) is 0 Å². The molecule has 0 saturated carbocycles. The molecular formula is C14H17N3OS. The molecule has 1 amide bonds. The quantitative estimate of drug-likeness (QED) is 0.852. The first-order valence-electron chi connectivity index (χ1n) is 6.27. The number of benzene rings is 1. The van der Waals surface area contributed by atoms with Crippen LogP contribution in [0.25, 0.3) is 0 Å². The zero-order valence-electron chi connectivity index (χ0n) is 10.8. The summed E-state index contributed by atoms with van der Waals surface area (Å²) in [5.41, 5.74) is 0.816. The van der Waals surface area contributed by atoms with E-state index in [-0.39, 0.29) is 18.5 Å². The van der Waals surface area contributed by atoms with Crippen molar-refractivity contribution in [3.05, 3.63) is 46.9 Å². The van der Waals surface area contributed by atoms with Crippen LogP contribution in [0.5, 0.6) is 0 Å². The molecule has 0 spiro atoms. The van der Waals surface area contributed by atoms with Gasteiger partial charge in [-0.2, -0.15) is 0 Å². The molecule has 4 nitrogen and oxygen atoms in total. The summed E-state index contributed by atoms with van der Waals surface area (Å²) < 4.78 is 0. The minimum Gasteiger partial charge on any atom is -0.325 e. The van der Waals surface area contributed by atoms with E-state index in [4.69, 9.17) is 0 Å². The maximum Gasteiger partial charge on any atom is 0.238 e. The highest BCUT2D eigenvalue weighted by atomic mass is 32.1. The first-order valence-corrected chi connectivity index (χ1v) is 7.15. The van der Waals surface area contributed by atoms with Crippen LogP contribution in [0.15, 0.2) is 41.9 Å². The van der Waals surface area contributed by atoms with Gasteiger partial charge in [-0.25, -0.2) is 4.98 Å². The number of rotatable bonds is 6. The average molecular weight is 275 g/mol. The summed E-state index contributed by atoms with van der Waals surface area (Å²) in [6.07, 6.45) is 2.69. The molecule has 1 atom stereocenters. The molecule has 0 aliphatic carbocycles. The van der Waals surface area contributed by atoms with E-state index in [2.05, 4.69) is 22.5 Å². The Kier molecular flexibility index (Phi) is 5.06. The van der Waals surface area contributed by atoms with Gasteiger partial charge in [0, 0.05) is 17.3 Å². The monoisotopic (exact) mass is 275 g/mol. The summed E-state index contributed by atoms with van der Waals surface area (Å²) in [6.45, 7) is 2.36. The summed E-state index contributed by atoms with van der Waals surface area (Å²) in [5.74, 6) is -0.0405. The highest BCUT2D eigenvalue weighted by Gasteiger charge is 2.12. The molecule has 0 saturated heterocycles. The Balaban J connectivity index is 1.83. The first kappa shape index (κ1) is 13.7. The van der Waals surface area contributed by atoms with Crippen LogP contribution < -0.4 is 10.6 Å². The zero-order chi connectivity index (χ0) is 13.5. The van der Waals surface area contributed by atoms with E-state index < -0.39 is 0 Å². The smallest absolute Gasteiger partial charge is 0.238 e. The Morgan fingerprint density at radius 2 is 2.16 bits per heavy atom. The Labute approximate surface area is 116 Å². The fourth-order valence-corrected chi connectivity index (χ4v) is 2.55. The van der Waals surface area contributed by atoms with Gasteiger partial charge in [0.15, 0.2) is 0 Å². The molecule has 5 heteroatoms. The van der Waals surface area contributed by atoms with E-state index in [1.807, 2.05) is 35.7 Å². The van der Waals surface area contributed by atoms with E-state index in [1.165, 1.54) is 0 Å². The SMILES string of the molecule is CCC(NCC(=O)Nc1ccccc1)c1nccs1. The second-order valence-corrected chi connectivity index (χ2v) is 5.05. The fourth-order valence-electron chi connectivity index (χ4n) is 1.76. The van der Waals surface area contributed by atoms with Crippen LogP contribution in [0.4, 0.5) is 5.69 Å². The average Bonchev–Trinajstić information content (AvgIpc) is 2.95. The fraction of sp³-hybridized carbons (Fsp3) is 0.286. The number of hydrogen-bond acceptors (Lipinski definition) is 4. The Bertz CT molecular complexity index is 499. The van der Waals surface area contributed by atoms with Gasteiger partial charge in [-0.1, -0.05) is 25.1 Å². The van der Waals surface area contributed by atoms with Crippen LogP contribution in [-0.4, -0.2) is 17.4 Å². The molecular weight excluding hydrogens is 258 g/mol. The van der Waals surface area contributed by atoms with Crippen LogP contribution in [-0.2, 0) is 4.79 Å². The predicted molar refractivity (Wildman–Crippen MR) is 78.2 cm³/mol. The molecule has 0 bridgehead atoms. The lowest BCUT2D eigenvalue weighted by Gasteiger charge is -2.14. The number of nitrogens with one attached hydrogen (secondary N) is 2. The molecule has 19 heavy (non-hydrogen) atoms. The summed E-state index contributed by atoms with van der Waals surface area (Å²) in [4.78, 5) is 16.1. The van der Waals surface area contributed by atoms with Gasteiger partial charge < -0.3 is 5.32 Å². The minimum absolute atomic E-state index is 0.0405. The molecule has 1 unspecified atom stereocenters. The van der Waals surface area contributed by atoms with Crippen molar-refractivity contribution in [1.29, 1.82) is 0 Å². The third kappa shape index (κ3) is 4.15. The highest BCUT2D eigenvalue weighted by Crippen LogP contribution is 2.18. The lowest BCUT2D eigenvalue weighted by molar-refractivity contribution is -0.115. The Morgan fingerprint density at radius 3 is 2.79 bits per heavy atom. The molecule has 1 heterocycles. The summed E-state index contributed by atoms with van der Waals surface area (Å²) in [6, 6.07) is 9.60. The van der Waals surface area contributed by atoms with Gasteiger partial charge in [0.1, 0.15) is 5.01 Å². The van der Waals surface area contributed by atoms with Gasteiger partial charge in [0.2, 0.25) is 5.91 Å². The molecule has 100 valence electrons. The Hall–Kier alpha value is -1.72. The van der Waals surface area contributed by atoms with E-state index in [0.29, 0.717) is 0 Å². The van der Waals surface area contributed by atoms with Gasteiger partial charge in [-0.3, -0.25) is 10.1 Å². The number of carbonyl (C=O) groups excluding carboxylic acids is 1. The molecule has 2 rings (SSSR count). The van der Waals surface area contributed by atoms with Crippen LogP contribution >= 0.6 is 11.3 Å². The highest BCUT2D eigenvalue weighted by molar-refractivity contribution is 7.09. The summed E-state index contributed by atoms with van der Waals surface area (Å²) in [5, 5.41) is 9.05.